The van der Waals surface area contributed by atoms with E-state index in [1.807, 2.05) is 24.5 Å². The molecule has 2 nitrogen and oxygen atoms in total. The van der Waals surface area contributed by atoms with E-state index in [0.29, 0.717) is 0 Å². The van der Waals surface area contributed by atoms with Crippen molar-refractivity contribution < 1.29 is 4.55 Å². The van der Waals surface area contributed by atoms with Gasteiger partial charge in [-0.25, -0.2) is 0 Å². The maximum absolute atomic E-state index is 7.94. The molecular weight excluding hydrogens is 110 g/mol. The number of aromatic amines is 1. The standard InChI is InChI=1S/C4H5N.HOS/c1-2-4-5-3-1;1-2/h1-5H;2H. The van der Waals surface area contributed by atoms with Gasteiger partial charge in [-0.15, -0.1) is 0 Å². The number of H-pyrrole nitrogens is 1. The van der Waals surface area contributed by atoms with E-state index in [2.05, 4.69) is 17.9 Å². The van der Waals surface area contributed by atoms with Crippen molar-refractivity contribution in [2.45, 2.75) is 0 Å². The molecule has 0 aliphatic heterocycles. The summed E-state index contributed by atoms with van der Waals surface area (Å²) in [5, 5.41) is 0. The van der Waals surface area contributed by atoms with E-state index in [9.17, 15) is 0 Å². The molecule has 0 saturated heterocycles. The van der Waals surface area contributed by atoms with Crippen molar-refractivity contribution >= 4 is 12.9 Å². The van der Waals surface area contributed by atoms with Crippen LogP contribution in [0.15, 0.2) is 24.5 Å². The van der Waals surface area contributed by atoms with Gasteiger partial charge in [0.2, 0.25) is 0 Å². The van der Waals surface area contributed by atoms with E-state index >= 15 is 0 Å². The van der Waals surface area contributed by atoms with E-state index in [1.165, 1.54) is 0 Å². The number of rotatable bonds is 0. The Kier molecular flexibility index (Phi) is 5.26. The summed E-state index contributed by atoms with van der Waals surface area (Å²) in [7, 11) is 0. The summed E-state index contributed by atoms with van der Waals surface area (Å²) in [6, 6.07) is 3.89. The maximum Gasteiger partial charge on any atom is 0.0161 e. The van der Waals surface area contributed by atoms with Crippen LogP contribution in [0.2, 0.25) is 0 Å². The molecule has 0 aliphatic carbocycles. The van der Waals surface area contributed by atoms with Gasteiger partial charge in [0, 0.05) is 25.3 Å². The Morgan fingerprint density at radius 3 is 1.71 bits per heavy atom. The second kappa shape index (κ2) is 5.59. The molecule has 3 heteroatoms. The quantitative estimate of drug-likeness (QED) is 0.378. The van der Waals surface area contributed by atoms with Crippen LogP contribution in [0.25, 0.3) is 0 Å². The van der Waals surface area contributed by atoms with E-state index in [4.69, 9.17) is 4.55 Å². The Hall–Kier alpha value is -0.410. The second-order valence-corrected chi connectivity index (χ2v) is 0.885. The van der Waals surface area contributed by atoms with Crippen LogP contribution in [0.4, 0.5) is 0 Å². The number of aromatic nitrogens is 1. The van der Waals surface area contributed by atoms with Gasteiger partial charge in [-0.1, -0.05) is 0 Å². The van der Waals surface area contributed by atoms with Crippen molar-refractivity contribution in [3.8, 4) is 0 Å². The summed E-state index contributed by atoms with van der Waals surface area (Å²) in [4.78, 5) is 2.86. The molecule has 0 fully saturated rings. The number of hydrogen-bond acceptors (Lipinski definition) is 1. The minimum atomic E-state index is 1.88. The van der Waals surface area contributed by atoms with Crippen molar-refractivity contribution in [1.82, 2.24) is 4.98 Å². The molecule has 0 aliphatic rings. The number of thiol groups is 1. The first-order valence-electron chi connectivity index (χ1n) is 1.76. The Bertz CT molecular complexity index is 68.2. The molecule has 1 N–H and O–H groups in total. The predicted molar refractivity (Wildman–Crippen MR) is 30.5 cm³/mol. The van der Waals surface area contributed by atoms with Gasteiger partial charge in [-0.2, -0.15) is 4.55 Å². The van der Waals surface area contributed by atoms with E-state index < -0.39 is 0 Å². The maximum atomic E-state index is 7.94. The summed E-state index contributed by atoms with van der Waals surface area (Å²) in [6.45, 7) is 0. The average Bonchev–Trinajstić information content (AvgIpc) is 2.23. The minimum absolute atomic E-state index is 1.88. The zero-order chi connectivity index (χ0) is 5.54. The van der Waals surface area contributed by atoms with Crippen molar-refractivity contribution in [2.75, 3.05) is 0 Å². The molecule has 0 saturated carbocycles. The predicted octanol–water partition coefficient (Wildman–Crippen LogP) is 1.28. The van der Waals surface area contributed by atoms with Crippen LogP contribution in [-0.2, 0) is 4.55 Å². The highest BCUT2D eigenvalue weighted by Crippen LogP contribution is 1.72. The highest BCUT2D eigenvalue weighted by atomic mass is 32.1. The van der Waals surface area contributed by atoms with Gasteiger partial charge < -0.3 is 4.98 Å². The lowest BCUT2D eigenvalue weighted by Crippen LogP contribution is -1.38. The third-order valence-electron chi connectivity index (χ3n) is 0.496. The van der Waals surface area contributed by atoms with Crippen LogP contribution in [0, 0.1) is 0 Å². The molecular formula is C4H6NOS. The molecule has 0 atom stereocenters. The van der Waals surface area contributed by atoms with Crippen molar-refractivity contribution in [1.29, 1.82) is 0 Å². The molecule has 0 spiro atoms. The Morgan fingerprint density at radius 1 is 1.14 bits per heavy atom. The summed E-state index contributed by atoms with van der Waals surface area (Å²) < 4.78 is 7.94. The number of nitrogens with one attached hydrogen (secondary N) is 1. The Morgan fingerprint density at radius 2 is 1.57 bits per heavy atom. The largest absolute Gasteiger partial charge is 0.368 e. The highest BCUT2D eigenvalue weighted by molar-refractivity contribution is 7.73. The van der Waals surface area contributed by atoms with Gasteiger partial charge in [0.1, 0.15) is 0 Å². The van der Waals surface area contributed by atoms with Gasteiger partial charge in [0.15, 0.2) is 0 Å². The van der Waals surface area contributed by atoms with Crippen molar-refractivity contribution in [3.05, 3.63) is 24.5 Å². The molecule has 1 heterocycles. The summed E-state index contributed by atoms with van der Waals surface area (Å²) in [6.07, 6.45) is 3.75. The monoisotopic (exact) mass is 116 g/mol. The first-order valence-corrected chi connectivity index (χ1v) is 2.13. The Balaban J connectivity index is 0.000000162. The average molecular weight is 116 g/mol. The zero-order valence-corrected chi connectivity index (χ0v) is 4.56. The zero-order valence-electron chi connectivity index (χ0n) is 3.66. The van der Waals surface area contributed by atoms with Crippen LogP contribution in [0.1, 0.15) is 0 Å². The van der Waals surface area contributed by atoms with Crippen molar-refractivity contribution in [2.24, 2.45) is 0 Å². The third kappa shape index (κ3) is 3.42. The van der Waals surface area contributed by atoms with Gasteiger partial charge in [0.25, 0.3) is 0 Å². The third-order valence-corrected chi connectivity index (χ3v) is 0.496. The smallest absolute Gasteiger partial charge is 0.0161 e. The summed E-state index contributed by atoms with van der Waals surface area (Å²) >= 11 is 2.28. The van der Waals surface area contributed by atoms with Crippen LogP contribution < -0.4 is 0 Å². The fourth-order valence-corrected chi connectivity index (χ4v) is 0.278. The van der Waals surface area contributed by atoms with Gasteiger partial charge in [0.05, 0.1) is 0 Å². The lowest BCUT2D eigenvalue weighted by Gasteiger charge is -1.49. The van der Waals surface area contributed by atoms with Crippen molar-refractivity contribution in [3.63, 3.8) is 0 Å². The molecule has 7 heavy (non-hydrogen) atoms. The van der Waals surface area contributed by atoms with Gasteiger partial charge >= 0.3 is 0 Å². The second-order valence-electron chi connectivity index (χ2n) is 0.885. The van der Waals surface area contributed by atoms with Gasteiger partial charge in [-0.3, -0.25) is 0 Å². The molecule has 1 radical (unpaired) electrons. The minimum Gasteiger partial charge on any atom is -0.368 e. The summed E-state index contributed by atoms with van der Waals surface area (Å²) in [5.74, 6) is 0. The van der Waals surface area contributed by atoms with Gasteiger partial charge in [-0.05, 0) is 12.1 Å². The lowest BCUT2D eigenvalue weighted by atomic mass is 10.7. The topological polar surface area (TPSA) is 35.7 Å². The van der Waals surface area contributed by atoms with E-state index in [0.717, 1.165) is 0 Å². The molecule has 39 valence electrons. The van der Waals surface area contributed by atoms with Crippen LogP contribution >= 0.6 is 12.9 Å². The Labute approximate surface area is 47.8 Å². The SMILES string of the molecule is [O]S.c1cc[nH]c1. The van der Waals surface area contributed by atoms with Crippen LogP contribution in [0.3, 0.4) is 0 Å². The first kappa shape index (κ1) is 6.59. The fraction of sp³-hybridized carbons (Fsp3) is 0. The number of hydrogen-bond donors (Lipinski definition) is 2. The molecule has 1 aromatic rings. The lowest BCUT2D eigenvalue weighted by molar-refractivity contribution is 0.545. The molecule has 1 rings (SSSR count). The van der Waals surface area contributed by atoms with Crippen LogP contribution in [-0.4, -0.2) is 4.98 Å². The molecule has 0 unspecified atom stereocenters. The molecule has 0 amide bonds. The van der Waals surface area contributed by atoms with E-state index in [-0.39, 0.29) is 0 Å². The summed E-state index contributed by atoms with van der Waals surface area (Å²) in [5.41, 5.74) is 0. The highest BCUT2D eigenvalue weighted by Gasteiger charge is 1.55. The normalized spacial score (nSPS) is 6.57. The van der Waals surface area contributed by atoms with E-state index in [1.54, 1.807) is 0 Å². The first-order chi connectivity index (χ1) is 3.50. The fourth-order valence-electron chi connectivity index (χ4n) is 0.278. The molecule has 0 bridgehead atoms. The van der Waals surface area contributed by atoms with Crippen LogP contribution in [0.5, 0.6) is 0 Å². The molecule has 1 aromatic heterocycles. The molecule has 0 aromatic carbocycles.